The summed E-state index contributed by atoms with van der Waals surface area (Å²) in [5, 5.41) is 18.8. The Kier molecular flexibility index (Phi) is 4.52. The Bertz CT molecular complexity index is 373. The Balaban J connectivity index is 3.20. The summed E-state index contributed by atoms with van der Waals surface area (Å²) in [4.78, 5) is 0. The Morgan fingerprint density at radius 3 is 2.50 bits per heavy atom. The van der Waals surface area contributed by atoms with Crippen LogP contribution in [-0.2, 0) is 0 Å². The number of rotatable bonds is 4. The van der Waals surface area contributed by atoms with Crippen molar-refractivity contribution in [3.63, 3.8) is 0 Å². The van der Waals surface area contributed by atoms with Gasteiger partial charge in [0.15, 0.2) is 11.6 Å². The number of benzene rings is 1. The molecule has 90 valence electrons. The van der Waals surface area contributed by atoms with Crippen LogP contribution in [0.3, 0.4) is 0 Å². The van der Waals surface area contributed by atoms with Gasteiger partial charge in [0.1, 0.15) is 11.9 Å². The van der Waals surface area contributed by atoms with Crippen LogP contribution in [0.15, 0.2) is 12.1 Å². The first kappa shape index (κ1) is 13.2. The van der Waals surface area contributed by atoms with Crippen molar-refractivity contribution in [1.82, 2.24) is 0 Å². The minimum absolute atomic E-state index is 0.114. The summed E-state index contributed by atoms with van der Waals surface area (Å²) in [6, 6.07) is 2.07. The van der Waals surface area contributed by atoms with Gasteiger partial charge in [-0.1, -0.05) is 0 Å². The number of hydrogen-bond acceptors (Lipinski definition) is 4. The van der Waals surface area contributed by atoms with E-state index in [2.05, 4.69) is 17.4 Å². The van der Waals surface area contributed by atoms with Gasteiger partial charge in [0.2, 0.25) is 0 Å². The molecular weight excluding hydrogens is 238 g/mol. The standard InChI is InChI=1S/C10H12F2O3S/c1-15-7-3-2-5(11)8(9(7)12)10(14)6(13)4-16/h2-3,6,10,13-14,16H,4H2,1H3. The molecule has 0 aliphatic carbocycles. The number of methoxy groups -OCH3 is 1. The van der Waals surface area contributed by atoms with Crippen LogP contribution in [0.25, 0.3) is 0 Å². The van der Waals surface area contributed by atoms with Crippen molar-refractivity contribution in [3.05, 3.63) is 29.3 Å². The van der Waals surface area contributed by atoms with Gasteiger partial charge in [0.25, 0.3) is 0 Å². The predicted molar refractivity (Wildman–Crippen MR) is 57.7 cm³/mol. The van der Waals surface area contributed by atoms with Gasteiger partial charge in [-0.15, -0.1) is 0 Å². The molecule has 6 heteroatoms. The molecule has 0 saturated carbocycles. The number of thiol groups is 1. The molecule has 16 heavy (non-hydrogen) atoms. The zero-order valence-electron chi connectivity index (χ0n) is 8.52. The SMILES string of the molecule is COc1ccc(F)c(C(O)C(O)CS)c1F. The fourth-order valence-corrected chi connectivity index (χ4v) is 1.47. The van der Waals surface area contributed by atoms with Crippen molar-refractivity contribution in [2.45, 2.75) is 12.2 Å². The zero-order valence-corrected chi connectivity index (χ0v) is 9.42. The third-order valence-corrected chi connectivity index (χ3v) is 2.53. The minimum Gasteiger partial charge on any atom is -0.494 e. The van der Waals surface area contributed by atoms with Crippen LogP contribution in [0.1, 0.15) is 11.7 Å². The monoisotopic (exact) mass is 250 g/mol. The lowest BCUT2D eigenvalue weighted by molar-refractivity contribution is 0.0287. The number of hydrogen-bond donors (Lipinski definition) is 3. The Morgan fingerprint density at radius 2 is 2.00 bits per heavy atom. The van der Waals surface area contributed by atoms with E-state index in [-0.39, 0.29) is 11.5 Å². The summed E-state index contributed by atoms with van der Waals surface area (Å²) in [5.41, 5.74) is -0.610. The maximum atomic E-state index is 13.6. The molecule has 1 aromatic rings. The van der Waals surface area contributed by atoms with Crippen LogP contribution in [0.2, 0.25) is 0 Å². The van der Waals surface area contributed by atoms with Crippen molar-refractivity contribution in [2.75, 3.05) is 12.9 Å². The lowest BCUT2D eigenvalue weighted by Gasteiger charge is -2.18. The molecule has 1 rings (SSSR count). The molecule has 0 fully saturated rings. The molecule has 0 radical (unpaired) electrons. The quantitative estimate of drug-likeness (QED) is 0.706. The van der Waals surface area contributed by atoms with E-state index in [1.165, 1.54) is 7.11 Å². The molecule has 1 aromatic carbocycles. The molecule has 0 saturated heterocycles. The summed E-state index contributed by atoms with van der Waals surface area (Å²) in [6.07, 6.45) is -3.02. The molecule has 2 atom stereocenters. The number of aliphatic hydroxyl groups excluding tert-OH is 2. The summed E-state index contributed by atoms with van der Waals surface area (Å²) < 4.78 is 31.6. The molecule has 0 bridgehead atoms. The van der Waals surface area contributed by atoms with Crippen LogP contribution < -0.4 is 4.74 Å². The van der Waals surface area contributed by atoms with E-state index in [9.17, 15) is 19.0 Å². The summed E-state index contributed by atoms with van der Waals surface area (Å²) >= 11 is 3.74. The molecule has 0 aliphatic heterocycles. The van der Waals surface area contributed by atoms with Gasteiger partial charge in [-0.3, -0.25) is 0 Å². The third-order valence-electron chi connectivity index (χ3n) is 2.16. The largest absolute Gasteiger partial charge is 0.494 e. The van der Waals surface area contributed by atoms with E-state index in [0.29, 0.717) is 0 Å². The second-order valence-electron chi connectivity index (χ2n) is 3.17. The average molecular weight is 250 g/mol. The van der Waals surface area contributed by atoms with Gasteiger partial charge in [0.05, 0.1) is 18.8 Å². The maximum absolute atomic E-state index is 13.6. The summed E-state index contributed by atoms with van der Waals surface area (Å²) in [6.45, 7) is 0. The van der Waals surface area contributed by atoms with Crippen molar-refractivity contribution in [3.8, 4) is 5.75 Å². The molecule has 2 unspecified atom stereocenters. The van der Waals surface area contributed by atoms with Crippen molar-refractivity contribution in [2.24, 2.45) is 0 Å². The van der Waals surface area contributed by atoms with Gasteiger partial charge >= 0.3 is 0 Å². The topological polar surface area (TPSA) is 49.7 Å². The van der Waals surface area contributed by atoms with E-state index < -0.39 is 29.4 Å². The average Bonchev–Trinajstić information content (AvgIpc) is 2.28. The second-order valence-corrected chi connectivity index (χ2v) is 3.54. The molecule has 3 nitrogen and oxygen atoms in total. The highest BCUT2D eigenvalue weighted by Gasteiger charge is 2.26. The molecule has 0 spiro atoms. The summed E-state index contributed by atoms with van der Waals surface area (Å²) in [5.74, 6) is -2.26. The number of ether oxygens (including phenoxy) is 1. The second kappa shape index (κ2) is 5.47. The maximum Gasteiger partial charge on any atom is 0.173 e. The van der Waals surface area contributed by atoms with E-state index in [1.807, 2.05) is 0 Å². The van der Waals surface area contributed by atoms with Crippen molar-refractivity contribution >= 4 is 12.6 Å². The van der Waals surface area contributed by atoms with Crippen LogP contribution in [0, 0.1) is 11.6 Å². The predicted octanol–water partition coefficient (Wildman–Crippen LogP) is 1.30. The molecular formula is C10H12F2O3S. The van der Waals surface area contributed by atoms with Crippen LogP contribution in [0.5, 0.6) is 5.75 Å². The number of halogens is 2. The van der Waals surface area contributed by atoms with Crippen LogP contribution in [0.4, 0.5) is 8.78 Å². The highest BCUT2D eigenvalue weighted by molar-refractivity contribution is 7.80. The van der Waals surface area contributed by atoms with Crippen molar-refractivity contribution < 1.29 is 23.7 Å². The van der Waals surface area contributed by atoms with Gasteiger partial charge in [-0.25, -0.2) is 8.78 Å². The Morgan fingerprint density at radius 1 is 1.38 bits per heavy atom. The lowest BCUT2D eigenvalue weighted by atomic mass is 10.0. The van der Waals surface area contributed by atoms with E-state index in [4.69, 9.17) is 0 Å². The van der Waals surface area contributed by atoms with Gasteiger partial charge in [0, 0.05) is 5.75 Å². The normalized spacial score (nSPS) is 14.6. The first-order valence-electron chi connectivity index (χ1n) is 4.51. The lowest BCUT2D eigenvalue weighted by Crippen LogP contribution is -2.22. The molecule has 2 N–H and O–H groups in total. The van der Waals surface area contributed by atoms with Crippen molar-refractivity contribution in [1.29, 1.82) is 0 Å². The Labute approximate surface area is 97.1 Å². The molecule has 0 aliphatic rings. The fraction of sp³-hybridized carbons (Fsp3) is 0.400. The number of aliphatic hydroxyl groups is 2. The van der Waals surface area contributed by atoms with E-state index in [1.54, 1.807) is 0 Å². The fourth-order valence-electron chi connectivity index (χ4n) is 1.27. The van der Waals surface area contributed by atoms with Gasteiger partial charge < -0.3 is 14.9 Å². The minimum atomic E-state index is -1.67. The smallest absolute Gasteiger partial charge is 0.173 e. The van der Waals surface area contributed by atoms with Crippen LogP contribution in [-0.4, -0.2) is 29.2 Å². The third kappa shape index (κ3) is 2.45. The van der Waals surface area contributed by atoms with Gasteiger partial charge in [-0.05, 0) is 12.1 Å². The van der Waals surface area contributed by atoms with Gasteiger partial charge in [-0.2, -0.15) is 12.6 Å². The Hall–Kier alpha value is -0.850. The zero-order chi connectivity index (χ0) is 12.3. The first-order chi connectivity index (χ1) is 7.52. The van der Waals surface area contributed by atoms with E-state index in [0.717, 1.165) is 12.1 Å². The molecule has 0 amide bonds. The summed E-state index contributed by atoms with van der Waals surface area (Å²) in [7, 11) is 1.22. The van der Waals surface area contributed by atoms with Crippen LogP contribution >= 0.6 is 12.6 Å². The van der Waals surface area contributed by atoms with E-state index >= 15 is 0 Å². The first-order valence-corrected chi connectivity index (χ1v) is 5.15. The molecule has 0 heterocycles. The molecule has 0 aromatic heterocycles. The highest BCUT2D eigenvalue weighted by Crippen LogP contribution is 2.29. The highest BCUT2D eigenvalue weighted by atomic mass is 32.1.